The van der Waals surface area contributed by atoms with Crippen LogP contribution >= 0.6 is 0 Å². The number of nitrogens with zero attached hydrogens (tertiary/aromatic N) is 2. The minimum Gasteiger partial charge on any atom is -0.484 e. The van der Waals surface area contributed by atoms with Crippen LogP contribution in [0.2, 0.25) is 0 Å². The van der Waals surface area contributed by atoms with Crippen molar-refractivity contribution in [1.82, 2.24) is 9.80 Å². The fourth-order valence-electron chi connectivity index (χ4n) is 3.76. The van der Waals surface area contributed by atoms with E-state index >= 15 is 0 Å². The van der Waals surface area contributed by atoms with E-state index in [4.69, 9.17) is 10.5 Å². The van der Waals surface area contributed by atoms with Gasteiger partial charge < -0.3 is 20.3 Å². The number of piperidine rings is 1. The molecule has 3 rings (SSSR count). The Balaban J connectivity index is 1.53. The SMILES string of the molecule is NCC1CCCN1C(=O)C1CCCN(C(=O)COc2ccccc2)C1. The number of rotatable bonds is 5. The lowest BCUT2D eigenvalue weighted by atomic mass is 9.96. The van der Waals surface area contributed by atoms with Crippen LogP contribution in [-0.2, 0) is 9.59 Å². The molecule has 0 saturated carbocycles. The second kappa shape index (κ2) is 8.34. The number of benzene rings is 1. The van der Waals surface area contributed by atoms with Crippen LogP contribution in [0.3, 0.4) is 0 Å². The van der Waals surface area contributed by atoms with E-state index in [1.54, 1.807) is 4.90 Å². The molecule has 2 fully saturated rings. The Morgan fingerprint density at radius 2 is 1.88 bits per heavy atom. The molecule has 2 saturated heterocycles. The first kappa shape index (κ1) is 17.7. The molecule has 6 heteroatoms. The summed E-state index contributed by atoms with van der Waals surface area (Å²) in [4.78, 5) is 29.0. The molecule has 0 radical (unpaired) electrons. The van der Waals surface area contributed by atoms with Crippen molar-refractivity contribution in [2.75, 3.05) is 32.8 Å². The number of likely N-dealkylation sites (tertiary alicyclic amines) is 2. The molecule has 136 valence electrons. The van der Waals surface area contributed by atoms with Crippen molar-refractivity contribution in [2.24, 2.45) is 11.7 Å². The summed E-state index contributed by atoms with van der Waals surface area (Å²) in [7, 11) is 0. The summed E-state index contributed by atoms with van der Waals surface area (Å²) in [6, 6.07) is 9.48. The number of hydrogen-bond acceptors (Lipinski definition) is 4. The van der Waals surface area contributed by atoms with Crippen LogP contribution < -0.4 is 10.5 Å². The average Bonchev–Trinajstić information content (AvgIpc) is 3.15. The van der Waals surface area contributed by atoms with E-state index < -0.39 is 0 Å². The molecule has 2 amide bonds. The highest BCUT2D eigenvalue weighted by atomic mass is 16.5. The maximum Gasteiger partial charge on any atom is 0.260 e. The van der Waals surface area contributed by atoms with Gasteiger partial charge in [-0.1, -0.05) is 18.2 Å². The van der Waals surface area contributed by atoms with Crippen molar-refractivity contribution in [3.05, 3.63) is 30.3 Å². The Bertz CT molecular complexity index is 593. The minimum absolute atomic E-state index is 0.0140. The molecular weight excluding hydrogens is 318 g/mol. The normalized spacial score (nSPS) is 23.6. The molecule has 2 aliphatic rings. The summed E-state index contributed by atoms with van der Waals surface area (Å²) >= 11 is 0. The topological polar surface area (TPSA) is 75.9 Å². The lowest BCUT2D eigenvalue weighted by Crippen LogP contribution is -2.50. The van der Waals surface area contributed by atoms with Crippen molar-refractivity contribution in [1.29, 1.82) is 0 Å². The Morgan fingerprint density at radius 1 is 1.12 bits per heavy atom. The number of hydrogen-bond donors (Lipinski definition) is 1. The van der Waals surface area contributed by atoms with Gasteiger partial charge in [0.2, 0.25) is 5.91 Å². The summed E-state index contributed by atoms with van der Waals surface area (Å²) in [6.07, 6.45) is 3.71. The van der Waals surface area contributed by atoms with Crippen molar-refractivity contribution < 1.29 is 14.3 Å². The predicted molar refractivity (Wildman–Crippen MR) is 95.0 cm³/mol. The van der Waals surface area contributed by atoms with E-state index in [-0.39, 0.29) is 30.4 Å². The fourth-order valence-corrected chi connectivity index (χ4v) is 3.76. The Hall–Kier alpha value is -2.08. The molecule has 1 aromatic carbocycles. The number of carbonyl (C=O) groups excluding carboxylic acids is 2. The summed E-state index contributed by atoms with van der Waals surface area (Å²) < 4.78 is 5.55. The van der Waals surface area contributed by atoms with Gasteiger partial charge >= 0.3 is 0 Å². The number of para-hydroxylation sites is 1. The number of amides is 2. The van der Waals surface area contributed by atoms with Crippen LogP contribution in [0.25, 0.3) is 0 Å². The molecule has 2 aliphatic heterocycles. The van der Waals surface area contributed by atoms with Gasteiger partial charge in [-0.3, -0.25) is 9.59 Å². The largest absolute Gasteiger partial charge is 0.484 e. The third kappa shape index (κ3) is 4.31. The molecule has 0 spiro atoms. The molecule has 0 aliphatic carbocycles. The maximum absolute atomic E-state index is 12.8. The molecule has 2 heterocycles. The first-order chi connectivity index (χ1) is 12.2. The van der Waals surface area contributed by atoms with Gasteiger partial charge in [-0.2, -0.15) is 0 Å². The zero-order chi connectivity index (χ0) is 17.6. The third-order valence-electron chi connectivity index (χ3n) is 5.16. The third-order valence-corrected chi connectivity index (χ3v) is 5.16. The van der Waals surface area contributed by atoms with E-state index in [1.807, 2.05) is 35.2 Å². The predicted octanol–water partition coefficient (Wildman–Crippen LogP) is 1.25. The van der Waals surface area contributed by atoms with Crippen LogP contribution in [0, 0.1) is 5.92 Å². The quantitative estimate of drug-likeness (QED) is 0.871. The summed E-state index contributed by atoms with van der Waals surface area (Å²) in [6.45, 7) is 2.51. The smallest absolute Gasteiger partial charge is 0.260 e. The second-order valence-corrected chi connectivity index (χ2v) is 6.84. The molecule has 0 aromatic heterocycles. The molecule has 2 unspecified atom stereocenters. The summed E-state index contributed by atoms with van der Waals surface area (Å²) in [5.74, 6) is 0.678. The molecule has 6 nitrogen and oxygen atoms in total. The van der Waals surface area contributed by atoms with Gasteiger partial charge in [-0.25, -0.2) is 0 Å². The van der Waals surface area contributed by atoms with Crippen LogP contribution in [0.1, 0.15) is 25.7 Å². The van der Waals surface area contributed by atoms with Gasteiger partial charge in [0.1, 0.15) is 5.75 Å². The number of ether oxygens (including phenoxy) is 1. The fraction of sp³-hybridized carbons (Fsp3) is 0.579. The highest BCUT2D eigenvalue weighted by Gasteiger charge is 2.35. The van der Waals surface area contributed by atoms with Crippen LogP contribution in [0.4, 0.5) is 0 Å². The lowest BCUT2D eigenvalue weighted by Gasteiger charge is -2.35. The van der Waals surface area contributed by atoms with Gasteiger partial charge in [0.05, 0.1) is 5.92 Å². The van der Waals surface area contributed by atoms with Crippen molar-refractivity contribution >= 4 is 11.8 Å². The summed E-state index contributed by atoms with van der Waals surface area (Å²) in [5, 5.41) is 0. The van der Waals surface area contributed by atoms with Crippen molar-refractivity contribution in [3.63, 3.8) is 0 Å². The standard InChI is InChI=1S/C19H27N3O3/c20-12-16-7-5-11-22(16)19(24)15-6-4-10-21(13-15)18(23)14-25-17-8-2-1-3-9-17/h1-3,8-9,15-16H,4-7,10-14,20H2. The molecule has 25 heavy (non-hydrogen) atoms. The first-order valence-corrected chi connectivity index (χ1v) is 9.15. The molecular formula is C19H27N3O3. The Morgan fingerprint density at radius 3 is 2.64 bits per heavy atom. The minimum atomic E-state index is -0.110. The number of carbonyl (C=O) groups is 2. The second-order valence-electron chi connectivity index (χ2n) is 6.84. The zero-order valence-corrected chi connectivity index (χ0v) is 14.6. The highest BCUT2D eigenvalue weighted by molar-refractivity contribution is 5.82. The van der Waals surface area contributed by atoms with Crippen LogP contribution in [-0.4, -0.2) is 60.4 Å². The van der Waals surface area contributed by atoms with Gasteiger partial charge in [-0.15, -0.1) is 0 Å². The maximum atomic E-state index is 12.8. The zero-order valence-electron chi connectivity index (χ0n) is 14.6. The Kier molecular flexibility index (Phi) is 5.91. The van der Waals surface area contributed by atoms with Crippen LogP contribution in [0.15, 0.2) is 30.3 Å². The van der Waals surface area contributed by atoms with E-state index in [9.17, 15) is 9.59 Å². The van der Waals surface area contributed by atoms with E-state index in [0.717, 1.165) is 32.2 Å². The molecule has 2 atom stereocenters. The van der Waals surface area contributed by atoms with E-state index in [2.05, 4.69) is 0 Å². The number of nitrogens with two attached hydrogens (primary N) is 1. The first-order valence-electron chi connectivity index (χ1n) is 9.15. The van der Waals surface area contributed by atoms with Gasteiger partial charge in [0, 0.05) is 32.2 Å². The lowest BCUT2D eigenvalue weighted by molar-refractivity contribution is -0.142. The Labute approximate surface area is 148 Å². The van der Waals surface area contributed by atoms with Gasteiger partial charge in [0.15, 0.2) is 6.61 Å². The van der Waals surface area contributed by atoms with E-state index in [0.29, 0.717) is 25.4 Å². The summed E-state index contributed by atoms with van der Waals surface area (Å²) in [5.41, 5.74) is 5.79. The molecule has 1 aromatic rings. The average molecular weight is 345 g/mol. The monoisotopic (exact) mass is 345 g/mol. The van der Waals surface area contributed by atoms with Crippen LogP contribution in [0.5, 0.6) is 5.75 Å². The molecule has 0 bridgehead atoms. The van der Waals surface area contributed by atoms with Gasteiger partial charge in [-0.05, 0) is 37.8 Å². The van der Waals surface area contributed by atoms with Crippen molar-refractivity contribution in [2.45, 2.75) is 31.7 Å². The highest BCUT2D eigenvalue weighted by Crippen LogP contribution is 2.24. The van der Waals surface area contributed by atoms with Gasteiger partial charge in [0.25, 0.3) is 5.91 Å². The van der Waals surface area contributed by atoms with Crippen molar-refractivity contribution in [3.8, 4) is 5.75 Å². The molecule has 2 N–H and O–H groups in total. The van der Waals surface area contributed by atoms with E-state index in [1.165, 1.54) is 0 Å².